The predicted octanol–water partition coefficient (Wildman–Crippen LogP) is 0.186. The van der Waals surface area contributed by atoms with Gasteiger partial charge in [0.15, 0.2) is 5.96 Å². The fraction of sp³-hybridized carbons (Fsp3) is 0.692. The number of amides is 1. The van der Waals surface area contributed by atoms with Gasteiger partial charge in [0.1, 0.15) is 6.54 Å². The van der Waals surface area contributed by atoms with Crippen LogP contribution in [0.5, 0.6) is 0 Å². The topological polar surface area (TPSA) is 56.7 Å². The van der Waals surface area contributed by atoms with Gasteiger partial charge in [-0.05, 0) is 13.3 Å². The number of guanidine groups is 1. The Kier molecular flexibility index (Phi) is 6.06. The molecule has 0 bridgehead atoms. The first-order chi connectivity index (χ1) is 8.71. The molecule has 100 valence electrons. The highest BCUT2D eigenvalue weighted by Gasteiger charge is 2.25. The Bertz CT molecular complexity index is 345. The molecule has 0 aromatic heterocycles. The number of carbonyl (C=O) groups excluding carboxylic acids is 1. The predicted molar refractivity (Wildman–Crippen MR) is 73.2 cm³/mol. The molecule has 1 amide bonds. The highest BCUT2D eigenvalue weighted by Crippen LogP contribution is 2.10. The molecule has 1 unspecified atom stereocenters. The average molecular weight is 250 g/mol. The minimum Gasteiger partial charge on any atom is -0.357 e. The summed E-state index contributed by atoms with van der Waals surface area (Å²) in [6.45, 7) is 6.61. The average Bonchev–Trinajstić information content (AvgIpc) is 2.83. The van der Waals surface area contributed by atoms with Crippen molar-refractivity contribution >= 4 is 11.9 Å². The quantitative estimate of drug-likeness (QED) is 0.425. The Balaban J connectivity index is 2.47. The first-order valence-electron chi connectivity index (χ1n) is 6.47. The van der Waals surface area contributed by atoms with Crippen molar-refractivity contribution in [3.8, 4) is 12.3 Å². The number of nitrogens with zero attached hydrogens (tertiary/aromatic N) is 2. The van der Waals surface area contributed by atoms with E-state index < -0.39 is 0 Å². The molecule has 0 aliphatic carbocycles. The summed E-state index contributed by atoms with van der Waals surface area (Å²) in [5.41, 5.74) is 0. The van der Waals surface area contributed by atoms with E-state index in [0.29, 0.717) is 13.0 Å². The van der Waals surface area contributed by atoms with Gasteiger partial charge in [-0.25, -0.2) is 4.99 Å². The number of hydrogen-bond acceptors (Lipinski definition) is 2. The summed E-state index contributed by atoms with van der Waals surface area (Å²) in [5, 5.41) is 6.45. The van der Waals surface area contributed by atoms with E-state index >= 15 is 0 Å². The number of carbonyl (C=O) groups is 1. The van der Waals surface area contributed by atoms with Crippen LogP contribution in [0.25, 0.3) is 0 Å². The summed E-state index contributed by atoms with van der Waals surface area (Å²) < 4.78 is 0. The van der Waals surface area contributed by atoms with Gasteiger partial charge in [-0.15, -0.1) is 6.42 Å². The highest BCUT2D eigenvalue weighted by atomic mass is 16.2. The second kappa shape index (κ2) is 7.59. The second-order valence-corrected chi connectivity index (χ2v) is 4.22. The number of likely N-dealkylation sites (tertiary alicyclic amines) is 1. The molecule has 0 radical (unpaired) electrons. The monoisotopic (exact) mass is 250 g/mol. The lowest BCUT2D eigenvalue weighted by molar-refractivity contribution is -0.129. The largest absolute Gasteiger partial charge is 0.357 e. The Morgan fingerprint density at radius 1 is 1.56 bits per heavy atom. The lowest BCUT2D eigenvalue weighted by atomic mass is 10.3. The fourth-order valence-corrected chi connectivity index (χ4v) is 1.97. The Hall–Kier alpha value is -1.70. The summed E-state index contributed by atoms with van der Waals surface area (Å²) >= 11 is 0. The number of hydrogen-bond donors (Lipinski definition) is 2. The van der Waals surface area contributed by atoms with E-state index in [1.54, 1.807) is 0 Å². The lowest BCUT2D eigenvalue weighted by Crippen LogP contribution is -2.45. The van der Waals surface area contributed by atoms with Gasteiger partial charge in [-0.1, -0.05) is 12.8 Å². The van der Waals surface area contributed by atoms with Crippen molar-refractivity contribution < 1.29 is 4.79 Å². The van der Waals surface area contributed by atoms with Crippen LogP contribution >= 0.6 is 0 Å². The molecule has 5 heteroatoms. The van der Waals surface area contributed by atoms with Crippen LogP contribution in [0.4, 0.5) is 0 Å². The molecule has 1 aliphatic rings. The van der Waals surface area contributed by atoms with Gasteiger partial charge < -0.3 is 15.5 Å². The molecule has 5 nitrogen and oxygen atoms in total. The van der Waals surface area contributed by atoms with Crippen molar-refractivity contribution in [3.05, 3.63) is 0 Å². The third kappa shape index (κ3) is 4.28. The van der Waals surface area contributed by atoms with Gasteiger partial charge in [-0.3, -0.25) is 4.79 Å². The van der Waals surface area contributed by atoms with Crippen LogP contribution in [0, 0.1) is 12.3 Å². The first kappa shape index (κ1) is 14.4. The SMILES string of the molecule is C#CCN=C(NCC)NC1CCN(C(=O)CC)C1. The van der Waals surface area contributed by atoms with Gasteiger partial charge in [0, 0.05) is 32.1 Å². The zero-order chi connectivity index (χ0) is 13.4. The van der Waals surface area contributed by atoms with Crippen LogP contribution in [0.3, 0.4) is 0 Å². The van der Waals surface area contributed by atoms with E-state index in [2.05, 4.69) is 21.5 Å². The minimum atomic E-state index is 0.213. The van der Waals surface area contributed by atoms with Crippen molar-refractivity contribution in [2.24, 2.45) is 4.99 Å². The number of nitrogens with one attached hydrogen (secondary N) is 2. The Morgan fingerprint density at radius 2 is 2.33 bits per heavy atom. The Labute approximate surface area is 109 Å². The minimum absolute atomic E-state index is 0.213. The van der Waals surface area contributed by atoms with Crippen LogP contribution in [0.2, 0.25) is 0 Å². The third-order valence-corrected chi connectivity index (χ3v) is 2.86. The Morgan fingerprint density at radius 3 is 2.94 bits per heavy atom. The van der Waals surface area contributed by atoms with Gasteiger partial charge in [-0.2, -0.15) is 0 Å². The normalized spacial score (nSPS) is 19.5. The van der Waals surface area contributed by atoms with Crippen molar-refractivity contribution in [1.82, 2.24) is 15.5 Å². The maximum Gasteiger partial charge on any atom is 0.222 e. The zero-order valence-corrected chi connectivity index (χ0v) is 11.2. The maximum absolute atomic E-state index is 11.6. The lowest BCUT2D eigenvalue weighted by Gasteiger charge is -2.18. The summed E-state index contributed by atoms with van der Waals surface area (Å²) in [6, 6.07) is 0.260. The smallest absolute Gasteiger partial charge is 0.222 e. The number of aliphatic imine (C=N–C) groups is 1. The molecule has 1 saturated heterocycles. The van der Waals surface area contributed by atoms with Crippen LogP contribution in [0.1, 0.15) is 26.7 Å². The molecule has 1 fully saturated rings. The molecule has 18 heavy (non-hydrogen) atoms. The zero-order valence-electron chi connectivity index (χ0n) is 11.2. The van der Waals surface area contributed by atoms with Crippen molar-refractivity contribution in [3.63, 3.8) is 0 Å². The molecule has 0 aromatic rings. The molecule has 1 aliphatic heterocycles. The molecule has 2 N–H and O–H groups in total. The molecular formula is C13H22N4O. The van der Waals surface area contributed by atoms with E-state index in [4.69, 9.17) is 6.42 Å². The van der Waals surface area contributed by atoms with Crippen molar-refractivity contribution in [2.75, 3.05) is 26.2 Å². The molecule has 1 atom stereocenters. The third-order valence-electron chi connectivity index (χ3n) is 2.86. The maximum atomic E-state index is 11.6. The summed E-state index contributed by atoms with van der Waals surface area (Å²) in [6.07, 6.45) is 6.71. The fourth-order valence-electron chi connectivity index (χ4n) is 1.97. The van der Waals surface area contributed by atoms with Crippen LogP contribution in [-0.4, -0.2) is 49.0 Å². The van der Waals surface area contributed by atoms with Gasteiger partial charge in [0.2, 0.25) is 5.91 Å². The molecule has 0 saturated carbocycles. The molecule has 0 spiro atoms. The van der Waals surface area contributed by atoms with E-state index in [1.807, 2.05) is 18.7 Å². The number of terminal acetylenes is 1. The summed E-state index contributed by atoms with van der Waals surface area (Å²) in [4.78, 5) is 17.7. The van der Waals surface area contributed by atoms with E-state index in [-0.39, 0.29) is 11.9 Å². The van der Waals surface area contributed by atoms with Crippen LogP contribution in [-0.2, 0) is 4.79 Å². The van der Waals surface area contributed by atoms with Gasteiger partial charge >= 0.3 is 0 Å². The summed E-state index contributed by atoms with van der Waals surface area (Å²) in [7, 11) is 0. The highest BCUT2D eigenvalue weighted by molar-refractivity contribution is 5.80. The molecular weight excluding hydrogens is 228 g/mol. The second-order valence-electron chi connectivity index (χ2n) is 4.22. The van der Waals surface area contributed by atoms with E-state index in [1.165, 1.54) is 0 Å². The molecule has 0 aromatic carbocycles. The van der Waals surface area contributed by atoms with E-state index in [9.17, 15) is 4.79 Å². The number of rotatable bonds is 4. The van der Waals surface area contributed by atoms with Crippen molar-refractivity contribution in [2.45, 2.75) is 32.7 Å². The standard InChI is InChI=1S/C13H22N4O/c1-4-8-15-13(14-6-3)16-11-7-9-17(10-11)12(18)5-2/h1,11H,5-10H2,2-3H3,(H2,14,15,16). The van der Waals surface area contributed by atoms with Gasteiger partial charge in [0.25, 0.3) is 0 Å². The van der Waals surface area contributed by atoms with Crippen LogP contribution in [0.15, 0.2) is 4.99 Å². The van der Waals surface area contributed by atoms with E-state index in [0.717, 1.165) is 32.0 Å². The van der Waals surface area contributed by atoms with Crippen LogP contribution < -0.4 is 10.6 Å². The van der Waals surface area contributed by atoms with Crippen molar-refractivity contribution in [1.29, 1.82) is 0 Å². The summed E-state index contributed by atoms with van der Waals surface area (Å²) in [5.74, 6) is 3.43. The molecule has 1 heterocycles. The molecule has 1 rings (SSSR count). The van der Waals surface area contributed by atoms with Gasteiger partial charge in [0.05, 0.1) is 0 Å². The first-order valence-corrected chi connectivity index (χ1v) is 6.47.